The van der Waals surface area contributed by atoms with Crippen LogP contribution in [-0.4, -0.2) is 11.5 Å². The first kappa shape index (κ1) is 17.9. The largest absolute Gasteiger partial charge is 0.233 e. The van der Waals surface area contributed by atoms with E-state index in [1.54, 1.807) is 0 Å². The van der Waals surface area contributed by atoms with Gasteiger partial charge in [-0.15, -0.1) is 12.6 Å². The zero-order valence-corrected chi connectivity index (χ0v) is 15.5. The second kappa shape index (κ2) is 8.45. The number of hydrogen-bond donors (Lipinski definition) is 1. The molecule has 0 radical (unpaired) electrons. The van der Waals surface area contributed by atoms with Crippen molar-refractivity contribution in [1.29, 1.82) is 0 Å². The highest BCUT2D eigenvalue weighted by atomic mass is 32.1. The van der Waals surface area contributed by atoms with Crippen LogP contribution < -0.4 is 0 Å². The van der Waals surface area contributed by atoms with Crippen molar-refractivity contribution in [3.05, 3.63) is 108 Å². The lowest BCUT2D eigenvalue weighted by Gasteiger charge is -2.07. The summed E-state index contributed by atoms with van der Waals surface area (Å²) in [4.78, 5) is 10.4. The molecule has 2 nitrogen and oxygen atoms in total. The number of rotatable bonds is 4. The summed E-state index contributed by atoms with van der Waals surface area (Å²) in [6.07, 6.45) is 0. The van der Waals surface area contributed by atoms with Gasteiger partial charge in [0.05, 0.1) is 5.70 Å². The molecule has 0 aliphatic rings. The SMILES string of the molecule is C=C(N=C(N=C(C)c1ccccc1)c1ccc(S)cc1)c1ccccc1. The lowest BCUT2D eigenvalue weighted by molar-refractivity contribution is 1.41. The number of thiol groups is 1. The minimum atomic E-state index is 0.633. The van der Waals surface area contributed by atoms with Crippen molar-refractivity contribution in [3.8, 4) is 0 Å². The van der Waals surface area contributed by atoms with Crippen LogP contribution in [0.1, 0.15) is 23.6 Å². The van der Waals surface area contributed by atoms with Crippen LogP contribution in [0.2, 0.25) is 0 Å². The van der Waals surface area contributed by atoms with Crippen LogP contribution in [0.15, 0.2) is 106 Å². The van der Waals surface area contributed by atoms with Gasteiger partial charge in [-0.3, -0.25) is 0 Å². The topological polar surface area (TPSA) is 24.7 Å². The molecule has 0 atom stereocenters. The standard InChI is InChI=1S/C23H20N2S/c1-17(19-9-5-3-6-10-19)24-23(21-13-15-22(26)16-14-21)25-18(2)20-11-7-4-8-12-20/h3-16,26H,1H2,2H3. The maximum atomic E-state index is 4.79. The van der Waals surface area contributed by atoms with Gasteiger partial charge in [-0.05, 0) is 30.2 Å². The van der Waals surface area contributed by atoms with Crippen LogP contribution in [0, 0.1) is 0 Å². The quantitative estimate of drug-likeness (QED) is 0.342. The molecule has 3 rings (SSSR count). The third-order valence-electron chi connectivity index (χ3n) is 3.94. The Morgan fingerprint density at radius 2 is 1.23 bits per heavy atom. The fourth-order valence-corrected chi connectivity index (χ4v) is 2.64. The van der Waals surface area contributed by atoms with E-state index in [9.17, 15) is 0 Å². The lowest BCUT2D eigenvalue weighted by Crippen LogP contribution is -2.04. The zero-order chi connectivity index (χ0) is 18.4. The van der Waals surface area contributed by atoms with E-state index in [1.807, 2.05) is 91.9 Å². The Bertz CT molecular complexity index is 941. The molecule has 0 aliphatic carbocycles. The van der Waals surface area contributed by atoms with Gasteiger partial charge in [0.15, 0.2) is 5.84 Å². The van der Waals surface area contributed by atoms with Crippen LogP contribution in [0.5, 0.6) is 0 Å². The normalized spacial score (nSPS) is 12.1. The summed E-state index contributed by atoms with van der Waals surface area (Å²) in [5, 5.41) is 0. The Morgan fingerprint density at radius 1 is 0.692 bits per heavy atom. The van der Waals surface area contributed by atoms with Crippen LogP contribution in [0.25, 0.3) is 5.70 Å². The first-order chi connectivity index (χ1) is 12.6. The summed E-state index contributed by atoms with van der Waals surface area (Å²) >= 11 is 4.36. The molecule has 0 unspecified atom stereocenters. The predicted molar refractivity (Wildman–Crippen MR) is 114 cm³/mol. The number of hydrogen-bond acceptors (Lipinski definition) is 2. The van der Waals surface area contributed by atoms with E-state index in [1.165, 1.54) is 0 Å². The molecule has 0 bridgehead atoms. The highest BCUT2D eigenvalue weighted by molar-refractivity contribution is 7.80. The molecule has 26 heavy (non-hydrogen) atoms. The van der Waals surface area contributed by atoms with Gasteiger partial charge in [-0.2, -0.15) is 0 Å². The third-order valence-corrected chi connectivity index (χ3v) is 4.24. The molecule has 0 N–H and O–H groups in total. The summed E-state index contributed by atoms with van der Waals surface area (Å²) in [5.74, 6) is 0.633. The first-order valence-corrected chi connectivity index (χ1v) is 8.81. The van der Waals surface area contributed by atoms with Crippen molar-refractivity contribution in [3.63, 3.8) is 0 Å². The lowest BCUT2D eigenvalue weighted by atomic mass is 10.1. The van der Waals surface area contributed by atoms with Crippen LogP contribution in [-0.2, 0) is 0 Å². The Hall–Kier alpha value is -2.91. The van der Waals surface area contributed by atoms with Crippen LogP contribution in [0.3, 0.4) is 0 Å². The van der Waals surface area contributed by atoms with Crippen molar-refractivity contribution in [2.75, 3.05) is 0 Å². The van der Waals surface area contributed by atoms with Crippen LogP contribution >= 0.6 is 12.6 Å². The maximum Gasteiger partial charge on any atom is 0.160 e. The van der Waals surface area contributed by atoms with Crippen molar-refractivity contribution < 1.29 is 0 Å². The molecule has 0 saturated heterocycles. The molecule has 3 heteroatoms. The van der Waals surface area contributed by atoms with E-state index in [-0.39, 0.29) is 0 Å². The number of benzene rings is 3. The Kier molecular flexibility index (Phi) is 5.82. The van der Waals surface area contributed by atoms with Crippen molar-refractivity contribution >= 4 is 29.9 Å². The van der Waals surface area contributed by atoms with E-state index in [4.69, 9.17) is 9.98 Å². The van der Waals surface area contributed by atoms with Crippen molar-refractivity contribution in [2.24, 2.45) is 9.98 Å². The van der Waals surface area contributed by atoms with E-state index in [2.05, 4.69) is 19.2 Å². The van der Waals surface area contributed by atoms with Gasteiger partial charge in [0.1, 0.15) is 0 Å². The molecule has 0 aromatic heterocycles. The van der Waals surface area contributed by atoms with Gasteiger partial charge in [0.2, 0.25) is 0 Å². The molecule has 0 aliphatic heterocycles. The predicted octanol–water partition coefficient (Wildman–Crippen LogP) is 5.90. The second-order valence-corrected chi connectivity index (χ2v) is 6.37. The molecule has 3 aromatic rings. The minimum absolute atomic E-state index is 0.633. The summed E-state index contributed by atoms with van der Waals surface area (Å²) in [6.45, 7) is 6.11. The maximum absolute atomic E-state index is 4.79. The Balaban J connectivity index is 2.03. The number of aliphatic imine (C=N–C) groups is 2. The first-order valence-electron chi connectivity index (χ1n) is 8.36. The van der Waals surface area contributed by atoms with Crippen molar-refractivity contribution in [2.45, 2.75) is 11.8 Å². The molecule has 0 fully saturated rings. The highest BCUT2D eigenvalue weighted by Crippen LogP contribution is 2.17. The molecule has 0 saturated carbocycles. The summed E-state index contributed by atoms with van der Waals surface area (Å²) in [5.41, 5.74) is 4.55. The summed E-state index contributed by atoms with van der Waals surface area (Å²) < 4.78 is 0. The Morgan fingerprint density at radius 3 is 1.81 bits per heavy atom. The van der Waals surface area contributed by atoms with Gasteiger partial charge in [0, 0.05) is 16.2 Å². The van der Waals surface area contributed by atoms with Gasteiger partial charge in [-0.25, -0.2) is 9.98 Å². The Labute approximate surface area is 160 Å². The van der Waals surface area contributed by atoms with Gasteiger partial charge >= 0.3 is 0 Å². The monoisotopic (exact) mass is 356 g/mol. The molecule has 0 amide bonds. The fraction of sp³-hybridized carbons (Fsp3) is 0.0435. The van der Waals surface area contributed by atoms with Gasteiger partial charge < -0.3 is 0 Å². The van der Waals surface area contributed by atoms with E-state index in [0.717, 1.165) is 27.3 Å². The summed E-state index contributed by atoms with van der Waals surface area (Å²) in [6, 6.07) is 27.8. The number of amidine groups is 1. The van der Waals surface area contributed by atoms with E-state index >= 15 is 0 Å². The average Bonchev–Trinajstić information content (AvgIpc) is 2.69. The summed E-state index contributed by atoms with van der Waals surface area (Å²) in [7, 11) is 0. The van der Waals surface area contributed by atoms with Crippen molar-refractivity contribution in [1.82, 2.24) is 0 Å². The van der Waals surface area contributed by atoms with E-state index < -0.39 is 0 Å². The average molecular weight is 356 g/mol. The second-order valence-electron chi connectivity index (χ2n) is 5.86. The molecule has 3 aromatic carbocycles. The molecule has 0 spiro atoms. The molecule has 128 valence electrons. The third kappa shape index (κ3) is 4.58. The highest BCUT2D eigenvalue weighted by Gasteiger charge is 2.06. The zero-order valence-electron chi connectivity index (χ0n) is 14.6. The molecule has 0 heterocycles. The van der Waals surface area contributed by atoms with Crippen LogP contribution in [0.4, 0.5) is 0 Å². The minimum Gasteiger partial charge on any atom is -0.233 e. The van der Waals surface area contributed by atoms with Gasteiger partial charge in [0.25, 0.3) is 0 Å². The number of nitrogens with zero attached hydrogens (tertiary/aromatic N) is 2. The molecular formula is C23H20N2S. The smallest absolute Gasteiger partial charge is 0.160 e. The van der Waals surface area contributed by atoms with E-state index in [0.29, 0.717) is 11.5 Å². The van der Waals surface area contributed by atoms with Gasteiger partial charge in [-0.1, -0.05) is 79.4 Å². The molecular weight excluding hydrogens is 336 g/mol. The fourth-order valence-electron chi connectivity index (χ4n) is 2.49.